The van der Waals surface area contributed by atoms with Gasteiger partial charge in [-0.1, -0.05) is 17.7 Å². The van der Waals surface area contributed by atoms with E-state index >= 15 is 0 Å². The van der Waals surface area contributed by atoms with Crippen LogP contribution >= 0.6 is 11.6 Å². The number of hydrazine groups is 1. The van der Waals surface area contributed by atoms with E-state index in [0.29, 0.717) is 17.5 Å². The van der Waals surface area contributed by atoms with Gasteiger partial charge in [0.05, 0.1) is 0 Å². The highest BCUT2D eigenvalue weighted by Gasteiger charge is 2.00. The van der Waals surface area contributed by atoms with Crippen molar-refractivity contribution in [2.45, 2.75) is 13.8 Å². The van der Waals surface area contributed by atoms with Gasteiger partial charge in [0.2, 0.25) is 5.96 Å². The maximum atomic E-state index is 5.99. The molecule has 15 heavy (non-hydrogen) atoms. The van der Waals surface area contributed by atoms with E-state index in [1.165, 1.54) is 0 Å². The van der Waals surface area contributed by atoms with Gasteiger partial charge in [-0.2, -0.15) is 0 Å². The number of nitrogens with two attached hydrogens (primary N) is 1. The summed E-state index contributed by atoms with van der Waals surface area (Å²) in [5, 5.41) is 3.74. The molecule has 5 heteroatoms. The van der Waals surface area contributed by atoms with Crippen LogP contribution < -0.4 is 16.6 Å². The van der Waals surface area contributed by atoms with Crippen molar-refractivity contribution >= 4 is 23.2 Å². The summed E-state index contributed by atoms with van der Waals surface area (Å²) in [6.07, 6.45) is 0. The van der Waals surface area contributed by atoms with Crippen molar-refractivity contribution in [1.29, 1.82) is 0 Å². The number of nitrogens with zero attached hydrogens (tertiary/aromatic N) is 1. The van der Waals surface area contributed by atoms with E-state index in [1.54, 1.807) is 0 Å². The van der Waals surface area contributed by atoms with E-state index in [9.17, 15) is 0 Å². The Bertz CT molecular complexity index is 362. The van der Waals surface area contributed by atoms with Gasteiger partial charge in [0.1, 0.15) is 0 Å². The molecule has 0 atom stereocenters. The number of halogens is 1. The summed E-state index contributed by atoms with van der Waals surface area (Å²) < 4.78 is 0. The molecule has 0 aromatic heterocycles. The van der Waals surface area contributed by atoms with Gasteiger partial charge in [0.15, 0.2) is 0 Å². The van der Waals surface area contributed by atoms with E-state index < -0.39 is 0 Å². The Kier molecular flexibility index (Phi) is 4.39. The van der Waals surface area contributed by atoms with Crippen molar-refractivity contribution in [3.05, 3.63) is 28.8 Å². The second-order valence-electron chi connectivity index (χ2n) is 3.06. The molecule has 0 unspecified atom stereocenters. The van der Waals surface area contributed by atoms with Crippen LogP contribution in [0.3, 0.4) is 0 Å². The smallest absolute Gasteiger partial charge is 0.210 e. The maximum absolute atomic E-state index is 5.99. The standard InChI is InChI=1S/C10H15ClN4/c1-3-13-10(15-12)14-8-5-4-7(2)9(11)6-8/h4-6H,3,12H2,1-2H3,(H2,13,14,15). The zero-order chi connectivity index (χ0) is 11.3. The Labute approximate surface area is 94.5 Å². The minimum Gasteiger partial charge on any atom is -0.325 e. The molecular formula is C10H15ClN4. The molecule has 0 aliphatic rings. The Morgan fingerprint density at radius 2 is 2.27 bits per heavy atom. The number of hydrogen-bond donors (Lipinski definition) is 3. The lowest BCUT2D eigenvalue weighted by molar-refractivity contribution is 0.986. The van der Waals surface area contributed by atoms with Crippen molar-refractivity contribution in [1.82, 2.24) is 5.43 Å². The summed E-state index contributed by atoms with van der Waals surface area (Å²) >= 11 is 5.99. The van der Waals surface area contributed by atoms with Crippen molar-refractivity contribution in [2.24, 2.45) is 10.8 Å². The molecule has 1 rings (SSSR count). The van der Waals surface area contributed by atoms with Gasteiger partial charge in [-0.3, -0.25) is 10.4 Å². The molecule has 0 spiro atoms. The first kappa shape index (κ1) is 11.8. The normalized spacial score (nSPS) is 11.3. The third-order valence-electron chi connectivity index (χ3n) is 1.89. The van der Waals surface area contributed by atoms with Gasteiger partial charge >= 0.3 is 0 Å². The van der Waals surface area contributed by atoms with E-state index in [4.69, 9.17) is 17.4 Å². The van der Waals surface area contributed by atoms with Crippen molar-refractivity contribution < 1.29 is 0 Å². The zero-order valence-electron chi connectivity index (χ0n) is 8.84. The van der Waals surface area contributed by atoms with Gasteiger partial charge in [0.25, 0.3) is 0 Å². The SMILES string of the molecule is CCN=C(NN)Nc1ccc(C)c(Cl)c1. The molecule has 0 fully saturated rings. The number of hydrogen-bond acceptors (Lipinski definition) is 2. The summed E-state index contributed by atoms with van der Waals surface area (Å²) in [4.78, 5) is 4.12. The molecule has 0 saturated heterocycles. The topological polar surface area (TPSA) is 62.4 Å². The maximum Gasteiger partial charge on any atom is 0.210 e. The Morgan fingerprint density at radius 3 is 2.80 bits per heavy atom. The van der Waals surface area contributed by atoms with Crippen LogP contribution in [-0.4, -0.2) is 12.5 Å². The quantitative estimate of drug-likeness (QED) is 0.312. The lowest BCUT2D eigenvalue weighted by Crippen LogP contribution is -2.36. The molecule has 4 N–H and O–H groups in total. The van der Waals surface area contributed by atoms with Gasteiger partial charge < -0.3 is 5.32 Å². The highest BCUT2D eigenvalue weighted by atomic mass is 35.5. The van der Waals surface area contributed by atoms with Gasteiger partial charge in [-0.05, 0) is 31.5 Å². The summed E-state index contributed by atoms with van der Waals surface area (Å²) in [5.74, 6) is 5.82. The molecule has 0 heterocycles. The Balaban J connectivity index is 2.80. The number of benzene rings is 1. The monoisotopic (exact) mass is 226 g/mol. The minimum absolute atomic E-state index is 0.525. The number of rotatable bonds is 2. The number of nitrogens with one attached hydrogen (secondary N) is 2. The van der Waals surface area contributed by atoms with Crippen LogP contribution in [-0.2, 0) is 0 Å². The summed E-state index contributed by atoms with van der Waals surface area (Å²) in [6.45, 7) is 4.54. The molecule has 4 nitrogen and oxygen atoms in total. The third kappa shape index (κ3) is 3.42. The molecule has 0 amide bonds. The van der Waals surface area contributed by atoms with Crippen LogP contribution in [0, 0.1) is 6.92 Å². The highest BCUT2D eigenvalue weighted by molar-refractivity contribution is 6.31. The van der Waals surface area contributed by atoms with Gasteiger partial charge in [-0.25, -0.2) is 5.84 Å². The molecule has 0 radical (unpaired) electrons. The van der Waals surface area contributed by atoms with Gasteiger partial charge in [0, 0.05) is 17.3 Å². The molecule has 82 valence electrons. The number of anilines is 1. The molecule has 1 aromatic carbocycles. The largest absolute Gasteiger partial charge is 0.325 e. The van der Waals surface area contributed by atoms with Crippen LogP contribution in [0.15, 0.2) is 23.2 Å². The van der Waals surface area contributed by atoms with Crippen LogP contribution in [0.5, 0.6) is 0 Å². The van der Waals surface area contributed by atoms with Gasteiger partial charge in [-0.15, -0.1) is 0 Å². The first-order chi connectivity index (χ1) is 7.17. The molecule has 1 aromatic rings. The first-order valence-electron chi connectivity index (χ1n) is 4.71. The fraction of sp³-hybridized carbons (Fsp3) is 0.300. The van der Waals surface area contributed by atoms with Crippen LogP contribution in [0.1, 0.15) is 12.5 Å². The third-order valence-corrected chi connectivity index (χ3v) is 2.29. The van der Waals surface area contributed by atoms with Crippen molar-refractivity contribution in [3.63, 3.8) is 0 Å². The summed E-state index contributed by atoms with van der Waals surface area (Å²) in [6, 6.07) is 5.69. The van der Waals surface area contributed by atoms with Crippen LogP contribution in [0.4, 0.5) is 5.69 Å². The summed E-state index contributed by atoms with van der Waals surface area (Å²) in [7, 11) is 0. The van der Waals surface area contributed by atoms with E-state index in [0.717, 1.165) is 11.3 Å². The number of guanidine groups is 1. The van der Waals surface area contributed by atoms with Crippen molar-refractivity contribution in [2.75, 3.05) is 11.9 Å². The fourth-order valence-corrected chi connectivity index (χ4v) is 1.27. The first-order valence-corrected chi connectivity index (χ1v) is 5.09. The van der Waals surface area contributed by atoms with Crippen LogP contribution in [0.2, 0.25) is 5.02 Å². The van der Waals surface area contributed by atoms with E-state index in [1.807, 2.05) is 32.0 Å². The lowest BCUT2D eigenvalue weighted by Gasteiger charge is -2.09. The highest BCUT2D eigenvalue weighted by Crippen LogP contribution is 2.19. The van der Waals surface area contributed by atoms with E-state index in [2.05, 4.69) is 15.7 Å². The number of aliphatic imine (C=N–C) groups is 1. The average Bonchev–Trinajstić information content (AvgIpc) is 2.23. The zero-order valence-corrected chi connectivity index (χ0v) is 9.60. The molecule has 0 saturated carbocycles. The molecule has 0 aliphatic heterocycles. The second-order valence-corrected chi connectivity index (χ2v) is 3.46. The van der Waals surface area contributed by atoms with Crippen molar-refractivity contribution in [3.8, 4) is 0 Å². The predicted molar refractivity (Wildman–Crippen MR) is 65.1 cm³/mol. The number of aryl methyl sites for hydroxylation is 1. The van der Waals surface area contributed by atoms with Crippen LogP contribution in [0.25, 0.3) is 0 Å². The fourth-order valence-electron chi connectivity index (χ4n) is 1.09. The molecule has 0 aliphatic carbocycles. The molecular weight excluding hydrogens is 212 g/mol. The lowest BCUT2D eigenvalue weighted by atomic mass is 10.2. The predicted octanol–water partition coefficient (Wildman–Crippen LogP) is 1.90. The molecule has 0 bridgehead atoms. The minimum atomic E-state index is 0.525. The Morgan fingerprint density at radius 1 is 1.53 bits per heavy atom. The second kappa shape index (κ2) is 5.58. The Hall–Kier alpha value is -1.26. The van der Waals surface area contributed by atoms with E-state index in [-0.39, 0.29) is 0 Å². The average molecular weight is 227 g/mol. The summed E-state index contributed by atoms with van der Waals surface area (Å²) in [5.41, 5.74) is 4.38.